The first-order chi connectivity index (χ1) is 9.38. The van der Waals surface area contributed by atoms with Crippen LogP contribution in [-0.2, 0) is 21.1 Å². The molecule has 1 aromatic rings. The van der Waals surface area contributed by atoms with Gasteiger partial charge in [-0.05, 0) is 6.92 Å². The maximum atomic E-state index is 11.7. The lowest BCUT2D eigenvalue weighted by atomic mass is 10.2. The van der Waals surface area contributed by atoms with Crippen molar-refractivity contribution in [2.45, 2.75) is 31.8 Å². The van der Waals surface area contributed by atoms with Gasteiger partial charge in [-0.1, -0.05) is 0 Å². The average Bonchev–Trinajstić information content (AvgIpc) is 2.72. The SMILES string of the molecule is Cc1cn([C@H]2C[C@H](O)[C@@H](CO[P+](=S)S)O2)c(=O)[nH]c1=O. The van der Waals surface area contributed by atoms with Crippen LogP contribution in [-0.4, -0.2) is 33.5 Å². The number of aliphatic hydroxyl groups excluding tert-OH is 1. The normalized spacial score (nSPS) is 26.8. The lowest BCUT2D eigenvalue weighted by Crippen LogP contribution is -2.33. The van der Waals surface area contributed by atoms with E-state index >= 15 is 0 Å². The topological polar surface area (TPSA) is 93.6 Å². The number of nitrogens with zero attached hydrogens (tertiary/aromatic N) is 1. The van der Waals surface area contributed by atoms with Crippen LogP contribution in [0.15, 0.2) is 15.8 Å². The molecule has 2 heterocycles. The van der Waals surface area contributed by atoms with Gasteiger partial charge in [0.15, 0.2) is 0 Å². The van der Waals surface area contributed by atoms with Gasteiger partial charge in [-0.15, -0.1) is 0 Å². The molecule has 2 N–H and O–H groups in total. The summed E-state index contributed by atoms with van der Waals surface area (Å²) in [6.45, 7) is 1.71. The summed E-state index contributed by atoms with van der Waals surface area (Å²) in [6, 6.07) is 0. The number of aromatic nitrogens is 2. The monoisotopic (exact) mass is 337 g/mol. The molecule has 110 valence electrons. The van der Waals surface area contributed by atoms with Crippen LogP contribution in [0.25, 0.3) is 0 Å². The first-order valence-electron chi connectivity index (χ1n) is 5.83. The molecular formula is C10H14N2O5PS2+. The van der Waals surface area contributed by atoms with Crippen molar-refractivity contribution < 1.29 is 14.4 Å². The number of aliphatic hydroxyl groups is 1. The summed E-state index contributed by atoms with van der Waals surface area (Å²) in [5.41, 5.74) is -0.609. The molecule has 0 bridgehead atoms. The van der Waals surface area contributed by atoms with Crippen LogP contribution >= 0.6 is 18.4 Å². The van der Waals surface area contributed by atoms with Crippen LogP contribution in [0, 0.1) is 6.92 Å². The number of ether oxygens (including phenoxy) is 1. The summed E-state index contributed by atoms with van der Waals surface area (Å²) in [5.74, 6) is 0. The molecule has 20 heavy (non-hydrogen) atoms. The van der Waals surface area contributed by atoms with E-state index in [9.17, 15) is 14.7 Å². The lowest BCUT2D eigenvalue weighted by molar-refractivity contribution is -0.0385. The number of rotatable bonds is 4. The van der Waals surface area contributed by atoms with Gasteiger partial charge in [0.1, 0.15) is 31.2 Å². The van der Waals surface area contributed by atoms with Crippen LogP contribution in [0.4, 0.5) is 0 Å². The molecule has 0 radical (unpaired) electrons. The quantitative estimate of drug-likeness (QED) is 0.537. The Bertz CT molecular complexity index is 631. The largest absolute Gasteiger partial charge is 0.411 e. The lowest BCUT2D eigenvalue weighted by Gasteiger charge is -2.14. The Morgan fingerprint density at radius 3 is 3.05 bits per heavy atom. The molecule has 0 aromatic carbocycles. The fourth-order valence-electron chi connectivity index (χ4n) is 1.97. The Morgan fingerprint density at radius 1 is 1.70 bits per heavy atom. The standard InChI is InChI=1S/C10H13N2O5PS2/c1-5-3-12(10(15)11-9(5)14)8-2-6(13)7(17-8)4-16-18(19)20/h3,6-8,13H,2,4H2,1H3,(H-,11,14,15,19,20)/p+1/t6-,7+,8+/m0/s1. The van der Waals surface area contributed by atoms with Crippen LogP contribution < -0.4 is 11.2 Å². The van der Waals surface area contributed by atoms with E-state index in [0.717, 1.165) is 0 Å². The Labute approximate surface area is 125 Å². The second-order valence-corrected chi connectivity index (χ2v) is 8.08. The Kier molecular flexibility index (Phi) is 5.11. The molecule has 0 amide bonds. The van der Waals surface area contributed by atoms with E-state index < -0.39 is 35.8 Å². The van der Waals surface area contributed by atoms with E-state index in [1.165, 1.54) is 10.8 Å². The van der Waals surface area contributed by atoms with Gasteiger partial charge in [-0.2, -0.15) is 4.52 Å². The van der Waals surface area contributed by atoms with Gasteiger partial charge in [0.25, 0.3) is 5.56 Å². The number of nitrogens with one attached hydrogen (secondary N) is 1. The zero-order chi connectivity index (χ0) is 14.9. The highest BCUT2D eigenvalue weighted by molar-refractivity contribution is 8.54. The van der Waals surface area contributed by atoms with Gasteiger partial charge < -0.3 is 9.84 Å². The second-order valence-electron chi connectivity index (χ2n) is 4.44. The van der Waals surface area contributed by atoms with Crippen molar-refractivity contribution in [3.63, 3.8) is 0 Å². The summed E-state index contributed by atoms with van der Waals surface area (Å²) in [4.78, 5) is 25.3. The molecule has 7 nitrogen and oxygen atoms in total. The van der Waals surface area contributed by atoms with Crippen molar-refractivity contribution in [2.24, 2.45) is 0 Å². The minimum absolute atomic E-state index is 0.119. The van der Waals surface area contributed by atoms with Crippen LogP contribution in [0.2, 0.25) is 0 Å². The third kappa shape index (κ3) is 3.55. The minimum atomic E-state index is -1.25. The van der Waals surface area contributed by atoms with E-state index in [2.05, 4.69) is 17.2 Å². The number of aryl methyl sites for hydroxylation is 1. The van der Waals surface area contributed by atoms with E-state index in [4.69, 9.17) is 21.1 Å². The summed E-state index contributed by atoms with van der Waals surface area (Å²) in [7, 11) is 0. The first kappa shape index (κ1) is 15.8. The fraction of sp³-hybridized carbons (Fsp3) is 0.600. The average molecular weight is 337 g/mol. The maximum absolute atomic E-state index is 11.7. The van der Waals surface area contributed by atoms with Gasteiger partial charge in [0.05, 0.1) is 6.10 Å². The smallest absolute Gasteiger partial charge is 0.390 e. The van der Waals surface area contributed by atoms with Crippen molar-refractivity contribution in [3.05, 3.63) is 32.6 Å². The number of hydrogen-bond donors (Lipinski definition) is 3. The van der Waals surface area contributed by atoms with Gasteiger partial charge in [0.2, 0.25) is 11.8 Å². The van der Waals surface area contributed by atoms with Crippen molar-refractivity contribution in [2.75, 3.05) is 6.61 Å². The van der Waals surface area contributed by atoms with E-state index in [0.29, 0.717) is 5.56 Å². The highest BCUT2D eigenvalue weighted by atomic mass is 32.9. The molecular weight excluding hydrogens is 323 g/mol. The third-order valence-corrected chi connectivity index (χ3v) is 4.04. The Balaban J connectivity index is 2.16. The number of hydrogen-bond acceptors (Lipinski definition) is 6. The number of aromatic amines is 1. The predicted molar refractivity (Wildman–Crippen MR) is 79.8 cm³/mol. The molecule has 1 unspecified atom stereocenters. The highest BCUT2D eigenvalue weighted by Crippen LogP contribution is 2.32. The molecule has 4 atom stereocenters. The molecule has 1 aromatic heterocycles. The molecule has 2 rings (SSSR count). The van der Waals surface area contributed by atoms with E-state index in [1.54, 1.807) is 6.92 Å². The van der Waals surface area contributed by atoms with Gasteiger partial charge >= 0.3 is 11.8 Å². The summed E-state index contributed by atoms with van der Waals surface area (Å²) in [5, 5.41) is 9.90. The van der Waals surface area contributed by atoms with Crippen molar-refractivity contribution in [3.8, 4) is 0 Å². The summed E-state index contributed by atoms with van der Waals surface area (Å²) >= 11 is 8.76. The third-order valence-electron chi connectivity index (χ3n) is 3.01. The number of thiol groups is 1. The maximum Gasteiger partial charge on any atom is 0.411 e. The molecule has 1 aliphatic heterocycles. The van der Waals surface area contributed by atoms with Crippen molar-refractivity contribution in [1.29, 1.82) is 0 Å². The van der Waals surface area contributed by atoms with Crippen molar-refractivity contribution in [1.82, 2.24) is 9.55 Å². The molecule has 0 saturated carbocycles. The van der Waals surface area contributed by atoms with Gasteiger partial charge in [-0.3, -0.25) is 14.3 Å². The predicted octanol–water partition coefficient (Wildman–Crippen LogP) is 0.214. The molecule has 1 fully saturated rings. The van der Waals surface area contributed by atoms with Crippen LogP contribution in [0.5, 0.6) is 0 Å². The Hall–Kier alpha value is -0.570. The van der Waals surface area contributed by atoms with E-state index in [1.807, 2.05) is 0 Å². The molecule has 0 aliphatic carbocycles. The second kappa shape index (κ2) is 6.46. The molecule has 1 saturated heterocycles. The summed E-state index contributed by atoms with van der Waals surface area (Å²) in [6.07, 6.45) is -1.57. The van der Waals surface area contributed by atoms with Crippen LogP contribution in [0.3, 0.4) is 0 Å². The molecule has 1 aliphatic rings. The van der Waals surface area contributed by atoms with Crippen molar-refractivity contribution >= 4 is 30.2 Å². The van der Waals surface area contributed by atoms with Gasteiger partial charge in [0, 0.05) is 18.2 Å². The first-order valence-corrected chi connectivity index (χ1v) is 9.25. The van der Waals surface area contributed by atoms with Crippen LogP contribution in [0.1, 0.15) is 18.2 Å². The Morgan fingerprint density at radius 2 is 2.40 bits per heavy atom. The number of H-pyrrole nitrogens is 1. The minimum Gasteiger partial charge on any atom is -0.390 e. The summed E-state index contributed by atoms with van der Waals surface area (Å²) < 4.78 is 12.0. The highest BCUT2D eigenvalue weighted by Gasteiger charge is 2.36. The molecule has 0 spiro atoms. The van der Waals surface area contributed by atoms with E-state index in [-0.39, 0.29) is 13.0 Å². The molecule has 10 heteroatoms. The zero-order valence-corrected chi connectivity index (χ0v) is 13.2. The van der Waals surface area contributed by atoms with Gasteiger partial charge in [-0.25, -0.2) is 4.79 Å². The zero-order valence-electron chi connectivity index (χ0n) is 10.6. The fourth-order valence-corrected chi connectivity index (χ4v) is 2.63.